The van der Waals surface area contributed by atoms with Crippen LogP contribution in [-0.4, -0.2) is 17.7 Å². The number of nitrogens with zero attached hydrogens (tertiary/aromatic N) is 1. The largest absolute Gasteiger partial charge is 0.350 e. The molecule has 6 nitrogen and oxygen atoms in total. The van der Waals surface area contributed by atoms with Crippen LogP contribution in [0, 0.1) is 27.7 Å². The summed E-state index contributed by atoms with van der Waals surface area (Å²) in [5.41, 5.74) is 7.18. The van der Waals surface area contributed by atoms with Crippen molar-refractivity contribution in [1.29, 1.82) is 0 Å². The molecular weight excluding hydrogens is 426 g/mol. The van der Waals surface area contributed by atoms with Gasteiger partial charge in [-0.25, -0.2) is 4.90 Å². The number of rotatable bonds is 5. The summed E-state index contributed by atoms with van der Waals surface area (Å²) < 4.78 is 0. The van der Waals surface area contributed by atoms with Gasteiger partial charge in [0.05, 0.1) is 11.3 Å². The number of hydrogen-bond donors (Lipinski definition) is 2. The Morgan fingerprint density at radius 3 is 2.15 bits per heavy atom. The highest BCUT2D eigenvalue weighted by Gasteiger charge is 2.40. The summed E-state index contributed by atoms with van der Waals surface area (Å²) in [5, 5.41) is 5.97. The summed E-state index contributed by atoms with van der Waals surface area (Å²) in [5.74, 6) is -0.985. The van der Waals surface area contributed by atoms with E-state index in [-0.39, 0.29) is 11.6 Å². The maximum Gasteiger partial charge on any atom is 0.282 e. The third kappa shape index (κ3) is 4.22. The fraction of sp³-hybridized carbons (Fsp3) is 0.179. The third-order valence-corrected chi connectivity index (χ3v) is 6.19. The van der Waals surface area contributed by atoms with E-state index in [2.05, 4.69) is 10.6 Å². The van der Waals surface area contributed by atoms with Crippen molar-refractivity contribution in [3.05, 3.63) is 94.2 Å². The molecule has 0 spiro atoms. The minimum atomic E-state index is -0.407. The van der Waals surface area contributed by atoms with Crippen molar-refractivity contribution in [3.8, 4) is 0 Å². The Kier molecular flexibility index (Phi) is 6.07. The van der Waals surface area contributed by atoms with Crippen molar-refractivity contribution in [2.24, 2.45) is 0 Å². The molecule has 0 radical (unpaired) electrons. The van der Waals surface area contributed by atoms with Gasteiger partial charge >= 0.3 is 0 Å². The zero-order chi connectivity index (χ0) is 24.6. The highest BCUT2D eigenvalue weighted by atomic mass is 16.2. The molecule has 3 aromatic rings. The molecule has 6 heteroatoms. The summed E-state index contributed by atoms with van der Waals surface area (Å²) in [4.78, 5) is 39.9. The van der Waals surface area contributed by atoms with E-state index in [0.29, 0.717) is 22.5 Å². The van der Waals surface area contributed by atoms with Crippen LogP contribution in [0.3, 0.4) is 0 Å². The van der Waals surface area contributed by atoms with Gasteiger partial charge in [-0.15, -0.1) is 0 Å². The van der Waals surface area contributed by atoms with E-state index in [1.54, 1.807) is 30.3 Å². The normalized spacial score (nSPS) is 13.5. The van der Waals surface area contributed by atoms with E-state index >= 15 is 0 Å². The Labute approximate surface area is 199 Å². The van der Waals surface area contributed by atoms with Gasteiger partial charge in [0.2, 0.25) is 5.91 Å². The van der Waals surface area contributed by atoms with E-state index in [0.717, 1.165) is 27.9 Å². The SMILES string of the molecule is CC(=O)Nc1ccc(C2=C(Nc3cccc(C)c3C)C(=O)N(c3ccc(C)c(C)c3)C2=O)cc1. The fourth-order valence-electron chi connectivity index (χ4n) is 3.96. The number of benzene rings is 3. The molecule has 0 saturated carbocycles. The molecular formula is C28H27N3O3. The minimum Gasteiger partial charge on any atom is -0.350 e. The van der Waals surface area contributed by atoms with Crippen LogP contribution < -0.4 is 15.5 Å². The smallest absolute Gasteiger partial charge is 0.282 e. The van der Waals surface area contributed by atoms with Gasteiger partial charge in [0.1, 0.15) is 5.70 Å². The lowest BCUT2D eigenvalue weighted by atomic mass is 10.0. The highest BCUT2D eigenvalue weighted by molar-refractivity contribution is 6.46. The minimum absolute atomic E-state index is 0.183. The summed E-state index contributed by atoms with van der Waals surface area (Å²) in [6.07, 6.45) is 0. The number of hydrogen-bond acceptors (Lipinski definition) is 4. The number of imide groups is 1. The van der Waals surface area contributed by atoms with Crippen LogP contribution in [0.15, 0.2) is 66.4 Å². The molecule has 2 N–H and O–H groups in total. The van der Waals surface area contributed by atoms with Gasteiger partial charge in [-0.3, -0.25) is 14.4 Å². The fourth-order valence-corrected chi connectivity index (χ4v) is 3.96. The van der Waals surface area contributed by atoms with Crippen LogP contribution in [0.25, 0.3) is 5.57 Å². The first-order valence-corrected chi connectivity index (χ1v) is 11.1. The van der Waals surface area contributed by atoms with Crippen LogP contribution in [0.4, 0.5) is 17.1 Å². The molecule has 0 aliphatic carbocycles. The molecule has 0 aromatic heterocycles. The predicted molar refractivity (Wildman–Crippen MR) is 136 cm³/mol. The van der Waals surface area contributed by atoms with Crippen LogP contribution >= 0.6 is 0 Å². The van der Waals surface area contributed by atoms with E-state index in [1.807, 2.05) is 58.0 Å². The average molecular weight is 454 g/mol. The monoisotopic (exact) mass is 453 g/mol. The van der Waals surface area contributed by atoms with Crippen molar-refractivity contribution in [2.45, 2.75) is 34.6 Å². The molecule has 34 heavy (non-hydrogen) atoms. The molecule has 0 saturated heterocycles. The van der Waals surface area contributed by atoms with E-state index in [9.17, 15) is 14.4 Å². The Bertz CT molecular complexity index is 1350. The van der Waals surface area contributed by atoms with Crippen LogP contribution in [0.5, 0.6) is 0 Å². The van der Waals surface area contributed by atoms with Crippen LogP contribution in [0.2, 0.25) is 0 Å². The molecule has 4 rings (SSSR count). The Balaban J connectivity index is 1.82. The Hall–Kier alpha value is -4.19. The number of amides is 3. The van der Waals surface area contributed by atoms with E-state index in [1.165, 1.54) is 11.8 Å². The second-order valence-corrected chi connectivity index (χ2v) is 8.60. The lowest BCUT2D eigenvalue weighted by Crippen LogP contribution is -2.32. The maximum absolute atomic E-state index is 13.7. The van der Waals surface area contributed by atoms with Gasteiger partial charge in [0.25, 0.3) is 11.8 Å². The highest BCUT2D eigenvalue weighted by Crippen LogP contribution is 2.35. The van der Waals surface area contributed by atoms with E-state index < -0.39 is 11.8 Å². The van der Waals surface area contributed by atoms with E-state index in [4.69, 9.17) is 0 Å². The van der Waals surface area contributed by atoms with Crippen molar-refractivity contribution in [1.82, 2.24) is 0 Å². The van der Waals surface area contributed by atoms with Gasteiger partial charge in [-0.1, -0.05) is 30.3 Å². The van der Waals surface area contributed by atoms with Crippen molar-refractivity contribution < 1.29 is 14.4 Å². The summed E-state index contributed by atoms with van der Waals surface area (Å²) in [6, 6.07) is 18.3. The van der Waals surface area contributed by atoms with Crippen molar-refractivity contribution in [2.75, 3.05) is 15.5 Å². The van der Waals surface area contributed by atoms with Gasteiger partial charge in [0, 0.05) is 18.3 Å². The number of carbonyl (C=O) groups is 3. The number of carbonyl (C=O) groups excluding carboxylic acids is 3. The molecule has 0 unspecified atom stereocenters. The van der Waals surface area contributed by atoms with Crippen molar-refractivity contribution >= 4 is 40.4 Å². The lowest BCUT2D eigenvalue weighted by Gasteiger charge is -2.17. The van der Waals surface area contributed by atoms with Gasteiger partial charge in [-0.2, -0.15) is 0 Å². The molecule has 1 aliphatic heterocycles. The first kappa shape index (κ1) is 23.0. The maximum atomic E-state index is 13.7. The summed E-state index contributed by atoms with van der Waals surface area (Å²) in [6.45, 7) is 9.35. The molecule has 3 amide bonds. The number of anilines is 3. The quantitative estimate of drug-likeness (QED) is 0.516. The zero-order valence-electron chi connectivity index (χ0n) is 19.9. The van der Waals surface area contributed by atoms with Gasteiger partial charge in [-0.05, 0) is 85.8 Å². The molecule has 0 atom stereocenters. The molecule has 1 heterocycles. The third-order valence-electron chi connectivity index (χ3n) is 6.19. The van der Waals surface area contributed by atoms with Crippen LogP contribution in [0.1, 0.15) is 34.7 Å². The van der Waals surface area contributed by atoms with Crippen LogP contribution in [-0.2, 0) is 14.4 Å². The second kappa shape index (κ2) is 8.98. The number of aryl methyl sites for hydroxylation is 3. The Morgan fingerprint density at radius 2 is 1.50 bits per heavy atom. The first-order chi connectivity index (χ1) is 16.2. The van der Waals surface area contributed by atoms with Gasteiger partial charge < -0.3 is 10.6 Å². The lowest BCUT2D eigenvalue weighted by molar-refractivity contribution is -0.120. The average Bonchev–Trinajstić information content (AvgIpc) is 3.03. The zero-order valence-corrected chi connectivity index (χ0v) is 19.9. The van der Waals surface area contributed by atoms with Gasteiger partial charge in [0.15, 0.2) is 0 Å². The molecule has 3 aromatic carbocycles. The Morgan fingerprint density at radius 1 is 0.794 bits per heavy atom. The second-order valence-electron chi connectivity index (χ2n) is 8.60. The summed E-state index contributed by atoms with van der Waals surface area (Å²) >= 11 is 0. The summed E-state index contributed by atoms with van der Waals surface area (Å²) in [7, 11) is 0. The molecule has 172 valence electrons. The number of nitrogens with one attached hydrogen (secondary N) is 2. The first-order valence-electron chi connectivity index (χ1n) is 11.1. The molecule has 0 bridgehead atoms. The topological polar surface area (TPSA) is 78.5 Å². The molecule has 1 aliphatic rings. The molecule has 0 fully saturated rings. The standard InChI is InChI=1S/C28H27N3O3/c1-16-9-14-23(15-18(16)3)31-27(33)25(21-10-12-22(13-11-21)29-20(5)32)26(28(31)34)30-24-8-6-7-17(2)19(24)4/h6-15,30H,1-5H3,(H,29,32). The van der Waals surface area contributed by atoms with Crippen molar-refractivity contribution in [3.63, 3.8) is 0 Å². The predicted octanol–water partition coefficient (Wildman–Crippen LogP) is 5.28.